The van der Waals surface area contributed by atoms with Gasteiger partial charge in [0.15, 0.2) is 11.6 Å². The van der Waals surface area contributed by atoms with Crippen molar-refractivity contribution in [2.45, 2.75) is 290 Å². The second kappa shape index (κ2) is 33.7. The van der Waals surface area contributed by atoms with Gasteiger partial charge in [-0.25, -0.2) is 24.3 Å². The van der Waals surface area contributed by atoms with E-state index in [4.69, 9.17) is 64.9 Å². The van der Waals surface area contributed by atoms with E-state index in [-0.39, 0.29) is 120 Å². The Morgan fingerprint density at radius 2 is 0.921 bits per heavy atom. The van der Waals surface area contributed by atoms with E-state index in [0.29, 0.717) is 75.1 Å². The fourth-order valence-electron chi connectivity index (χ4n) is 27.8. The SMILES string of the molecule is CC(C)[C@@H](C)[C@@]1(C)CC[C@]2(C)[C@H]3CC[C@@H]4[C@@]5(COC[C@@]4(C)[C@@H](OC[C@](C)(N)C(C)C)[C@H](n4ncnc4-c4ccnc(-c6ccncc6)c4)C5)C3=CC[C@@]2(C)[C@@H]1C(=O)O.CC(C)[C@@H](C)[C@@]1(C)CC[C@]2(C)[C@H]3CC[C@@H]4[C@@]5(COC[C@@]4(C)[C@@H](OC[C@](C)(N)C(C)C)[C@H](n4ncnc4-c4ccnc(Br)c4)C5)C3=CC[C@@]2(C)[C@@H]1C(=O)O.CC1(C)OB(c2ccncc2)OC1(C)C. The molecular formula is C102H148BBrN12O10. The molecule has 4 bridgehead atoms. The van der Waals surface area contributed by atoms with E-state index in [1.54, 1.807) is 43.6 Å². The first kappa shape index (κ1) is 94.2. The van der Waals surface area contributed by atoms with Crippen LogP contribution in [0.1, 0.15) is 255 Å². The molecule has 6 aromatic heterocycles. The normalized spacial score (nSPS) is 37.8. The van der Waals surface area contributed by atoms with Gasteiger partial charge in [0.1, 0.15) is 17.3 Å². The van der Waals surface area contributed by atoms with E-state index in [2.05, 4.69) is 197 Å². The van der Waals surface area contributed by atoms with Crippen molar-refractivity contribution in [3.05, 3.63) is 126 Å². The van der Waals surface area contributed by atoms with Gasteiger partial charge in [-0.3, -0.25) is 24.5 Å². The maximum absolute atomic E-state index is 13.7. The molecule has 24 atom stereocenters. The Hall–Kier alpha value is -6.48. The van der Waals surface area contributed by atoms with Crippen LogP contribution in [0.2, 0.25) is 0 Å². The van der Waals surface area contributed by atoms with Crippen LogP contribution in [0.3, 0.4) is 0 Å². The summed E-state index contributed by atoms with van der Waals surface area (Å²) >= 11 is 3.58. The number of halogens is 1. The number of nitrogens with zero attached hydrogens (tertiary/aromatic N) is 10. The third kappa shape index (κ3) is 15.2. The van der Waals surface area contributed by atoms with E-state index in [1.165, 1.54) is 11.1 Å². The molecule has 6 saturated carbocycles. The fraction of sp³-hybridized carbons (Fsp3) is 0.706. The van der Waals surface area contributed by atoms with E-state index in [1.807, 2.05) is 76.4 Å². The Morgan fingerprint density at radius 1 is 0.524 bits per heavy atom. The molecule has 0 amide bonds. The summed E-state index contributed by atoms with van der Waals surface area (Å²) in [5, 5.41) is 32.4. The highest BCUT2D eigenvalue weighted by atomic mass is 79.9. The monoisotopic (exact) mass is 1790 g/mol. The molecule has 0 unspecified atom stereocenters. The Kier molecular flexibility index (Phi) is 25.2. The predicted molar refractivity (Wildman–Crippen MR) is 497 cm³/mol. The molecule has 11 aliphatic rings. The molecule has 0 spiro atoms. The summed E-state index contributed by atoms with van der Waals surface area (Å²) in [6, 6.07) is 15.6. The number of aliphatic carboxylic acids is 2. The number of carbonyl (C=O) groups is 2. The average molecular weight is 1790 g/mol. The van der Waals surface area contributed by atoms with Gasteiger partial charge >= 0.3 is 19.1 Å². The van der Waals surface area contributed by atoms with Crippen LogP contribution in [-0.2, 0) is 37.8 Å². The zero-order valence-corrected chi connectivity index (χ0v) is 81.7. The molecular weight excluding hydrogens is 1640 g/mol. The number of pyridine rings is 4. The minimum atomic E-state index is -0.631. The molecule has 9 fully saturated rings. The zero-order valence-electron chi connectivity index (χ0n) is 80.1. The summed E-state index contributed by atoms with van der Waals surface area (Å²) < 4.78 is 44.8. The number of nitrogens with two attached hydrogens (primary N) is 2. The van der Waals surface area contributed by atoms with Crippen LogP contribution in [0.4, 0.5) is 0 Å². The first-order valence-corrected chi connectivity index (χ1v) is 48.2. The first-order chi connectivity index (χ1) is 59.0. The van der Waals surface area contributed by atoms with Crippen LogP contribution in [0.15, 0.2) is 126 Å². The van der Waals surface area contributed by atoms with Gasteiger partial charge in [-0.2, -0.15) is 10.2 Å². The molecule has 9 heterocycles. The van der Waals surface area contributed by atoms with Crippen LogP contribution < -0.4 is 16.9 Å². The molecule has 0 aromatic carbocycles. The minimum absolute atomic E-state index is 0.123. The van der Waals surface area contributed by atoms with Crippen molar-refractivity contribution in [3.8, 4) is 34.0 Å². The van der Waals surface area contributed by atoms with E-state index < -0.39 is 34.9 Å². The summed E-state index contributed by atoms with van der Waals surface area (Å²) in [4.78, 5) is 54.3. The van der Waals surface area contributed by atoms with Crippen molar-refractivity contribution in [2.24, 2.45) is 137 Å². The van der Waals surface area contributed by atoms with Crippen LogP contribution >= 0.6 is 15.9 Å². The van der Waals surface area contributed by atoms with Crippen molar-refractivity contribution in [1.29, 1.82) is 0 Å². The third-order valence-electron chi connectivity index (χ3n) is 37.9. The molecule has 126 heavy (non-hydrogen) atoms. The Balaban J connectivity index is 0.000000167. The summed E-state index contributed by atoms with van der Waals surface area (Å²) in [6.07, 6.45) is 29.9. The second-order valence-electron chi connectivity index (χ2n) is 46.0. The summed E-state index contributed by atoms with van der Waals surface area (Å²) in [5.41, 5.74) is 17.2. The van der Waals surface area contributed by atoms with Gasteiger partial charge in [-0.1, -0.05) is 148 Å². The Labute approximate surface area is 759 Å². The highest BCUT2D eigenvalue weighted by Gasteiger charge is 2.75. The fourth-order valence-corrected chi connectivity index (χ4v) is 28.2. The van der Waals surface area contributed by atoms with Crippen LogP contribution in [0.25, 0.3) is 34.0 Å². The lowest BCUT2D eigenvalue weighted by Crippen LogP contribution is -2.69. The Bertz CT molecular complexity index is 5000. The number of carboxylic acid groups (broad SMARTS) is 2. The van der Waals surface area contributed by atoms with Gasteiger partial charge in [-0.15, -0.1) is 0 Å². The van der Waals surface area contributed by atoms with Crippen molar-refractivity contribution in [2.75, 3.05) is 39.6 Å². The number of hydrogen-bond acceptors (Lipinski definition) is 18. The van der Waals surface area contributed by atoms with Gasteiger partial charge in [0.05, 0.1) is 92.7 Å². The standard InChI is InChI=1S/C48H68N6O4.C43H64BrN5O4.C11H16BNO2/c1-29(2)31(5)43(6)18-19-45(8)34-11-12-38-44(7)25-57-27-48(38,35(34)13-17-46(45,9)39(43)42(55)56)24-37(40(44)58-26-47(10,49)30(3)4)54-41(52-28-53-54)33-16-22-51-36(23-33)32-14-20-50-21-15-32;1-25(2)27(5)38(6)16-17-40(8)29-11-12-32-39(7)21-52-23-43(32,30(29)13-15-41(40,9)34(38)37(50)51)20-31(35(39)53-22-42(10,45)26(3)4)49-36(47-24-48-49)28-14-18-46-33(44)19-28;1-10(2)11(3,4)15-12(14-10)9-5-7-13-8-6-9/h13-16,20-23,28-31,34,37-40H,11-12,17-19,24-27,49H2,1-10H3,(H,55,56);13-14,18-19,24-27,29,31-32,34-35H,11-12,15-17,20-23,45H2,1-10H3,(H,50,51);5-8H,1-4H3/t31-,34+,37-,38+,39-,40+,43-,44-,45-,46+,47+,48+;27-,29+,31-,32+,34-,35+,38-,39-,40-,41+,42+,43+;/m11./s1. The molecule has 8 aliphatic carbocycles. The van der Waals surface area contributed by atoms with Gasteiger partial charge in [0.2, 0.25) is 0 Å². The van der Waals surface area contributed by atoms with Crippen molar-refractivity contribution in [1.82, 2.24) is 49.5 Å². The quantitative estimate of drug-likeness (QED) is 0.0314. The molecule has 6 aromatic rings. The highest BCUT2D eigenvalue weighted by Crippen LogP contribution is 2.78. The topological polar surface area (TPSA) is 295 Å². The van der Waals surface area contributed by atoms with E-state index in [0.717, 1.165) is 121 Å². The predicted octanol–water partition coefficient (Wildman–Crippen LogP) is 19.7. The van der Waals surface area contributed by atoms with Gasteiger partial charge in [-0.05, 0) is 280 Å². The van der Waals surface area contributed by atoms with Gasteiger partial charge in [0, 0.05) is 86.6 Å². The molecule has 22 nitrogen and oxygen atoms in total. The molecule has 686 valence electrons. The lowest BCUT2D eigenvalue weighted by Gasteiger charge is -2.71. The van der Waals surface area contributed by atoms with E-state index in [9.17, 15) is 19.8 Å². The Morgan fingerprint density at radius 3 is 1.32 bits per heavy atom. The molecule has 3 saturated heterocycles. The number of fused-ring (bicyclic) bond motifs is 6. The number of aromatic nitrogens is 10. The lowest BCUT2D eigenvalue weighted by atomic mass is 9.34. The lowest BCUT2D eigenvalue weighted by molar-refractivity contribution is -0.252. The smallest absolute Gasteiger partial charge is 0.481 e. The largest absolute Gasteiger partial charge is 0.494 e. The number of hydrogen-bond donors (Lipinski definition) is 4. The van der Waals surface area contributed by atoms with Crippen molar-refractivity contribution in [3.63, 3.8) is 0 Å². The third-order valence-corrected chi connectivity index (χ3v) is 38.4. The number of rotatable bonds is 20. The van der Waals surface area contributed by atoms with Crippen LogP contribution in [0, 0.1) is 125 Å². The summed E-state index contributed by atoms with van der Waals surface area (Å²) in [6.45, 7) is 56.9. The number of allylic oxidation sites excluding steroid dienone is 2. The average Bonchev–Trinajstić information content (AvgIpc) is 0.772. The molecule has 6 N–H and O–H groups in total. The maximum Gasteiger partial charge on any atom is 0.494 e. The number of carboxylic acids is 2. The second-order valence-corrected chi connectivity index (χ2v) is 46.8. The summed E-state index contributed by atoms with van der Waals surface area (Å²) in [5.74, 6) is 2.56. The van der Waals surface area contributed by atoms with Crippen LogP contribution in [0.5, 0.6) is 0 Å². The molecule has 24 heteroatoms. The maximum atomic E-state index is 13.7. The van der Waals surface area contributed by atoms with Gasteiger partial charge < -0.3 is 49.9 Å². The minimum Gasteiger partial charge on any atom is -0.481 e. The molecule has 3 aliphatic heterocycles. The van der Waals surface area contributed by atoms with Gasteiger partial charge in [0.25, 0.3) is 0 Å². The molecule has 17 rings (SSSR count). The number of ether oxygens (including phenoxy) is 4. The summed E-state index contributed by atoms with van der Waals surface area (Å²) in [7, 11) is -0.280. The molecule has 0 radical (unpaired) electrons. The van der Waals surface area contributed by atoms with Crippen molar-refractivity contribution < 1.29 is 48.1 Å². The highest BCUT2D eigenvalue weighted by molar-refractivity contribution is 9.10. The first-order valence-electron chi connectivity index (χ1n) is 47.4. The van der Waals surface area contributed by atoms with Crippen molar-refractivity contribution >= 4 is 40.4 Å². The zero-order chi connectivity index (χ0) is 91.3. The van der Waals surface area contributed by atoms with E-state index >= 15 is 0 Å². The van der Waals surface area contributed by atoms with Crippen LogP contribution in [-0.4, -0.2) is 153 Å².